The summed E-state index contributed by atoms with van der Waals surface area (Å²) in [6, 6.07) is 0. The lowest BCUT2D eigenvalue weighted by Crippen LogP contribution is -2.30. The molecule has 0 rings (SSSR count). The first-order valence-corrected chi connectivity index (χ1v) is 19.9. The molecule has 0 radical (unpaired) electrons. The quantitative estimate of drug-likeness (QED) is 0.0384. The lowest BCUT2D eigenvalue weighted by molar-refractivity contribution is -0.163. The SMILES string of the molecule is CCCCC/C=C\C/C=C\CCCCCCCCCCCCOCC(COC(=O)CCCCCCC)OC(=O)CCCCCCC. The van der Waals surface area contributed by atoms with E-state index in [0.717, 1.165) is 57.8 Å². The van der Waals surface area contributed by atoms with E-state index in [1.54, 1.807) is 0 Å². The zero-order chi connectivity index (χ0) is 33.6. The van der Waals surface area contributed by atoms with Crippen LogP contribution in [0.15, 0.2) is 24.3 Å². The van der Waals surface area contributed by atoms with Gasteiger partial charge in [-0.3, -0.25) is 9.59 Å². The van der Waals surface area contributed by atoms with Crippen LogP contribution in [0.1, 0.15) is 201 Å². The van der Waals surface area contributed by atoms with E-state index < -0.39 is 6.10 Å². The maximum Gasteiger partial charge on any atom is 0.306 e. The molecule has 5 nitrogen and oxygen atoms in total. The van der Waals surface area contributed by atoms with Gasteiger partial charge in [0.15, 0.2) is 6.10 Å². The lowest BCUT2D eigenvalue weighted by Gasteiger charge is -2.18. The van der Waals surface area contributed by atoms with Crippen molar-refractivity contribution in [2.45, 2.75) is 207 Å². The Kier molecular flexibility index (Phi) is 36.5. The monoisotopic (exact) mass is 649 g/mol. The Bertz CT molecular complexity index is 701. The normalized spacial score (nSPS) is 12.3. The molecule has 0 N–H and O–H groups in total. The number of ether oxygens (including phenoxy) is 3. The van der Waals surface area contributed by atoms with E-state index in [4.69, 9.17) is 14.2 Å². The Hall–Kier alpha value is -1.62. The largest absolute Gasteiger partial charge is 0.462 e. The molecule has 0 aromatic heterocycles. The molecule has 0 spiro atoms. The Labute approximate surface area is 286 Å². The molecule has 46 heavy (non-hydrogen) atoms. The topological polar surface area (TPSA) is 61.8 Å². The van der Waals surface area contributed by atoms with Crippen LogP contribution in [-0.4, -0.2) is 37.9 Å². The van der Waals surface area contributed by atoms with Crippen LogP contribution < -0.4 is 0 Å². The minimum Gasteiger partial charge on any atom is -0.462 e. The van der Waals surface area contributed by atoms with Crippen LogP contribution in [0.5, 0.6) is 0 Å². The van der Waals surface area contributed by atoms with Crippen LogP contribution in [-0.2, 0) is 23.8 Å². The van der Waals surface area contributed by atoms with Gasteiger partial charge in [0.1, 0.15) is 6.61 Å². The molecule has 270 valence electrons. The van der Waals surface area contributed by atoms with Gasteiger partial charge in [-0.05, 0) is 51.4 Å². The molecule has 0 bridgehead atoms. The van der Waals surface area contributed by atoms with Crippen LogP contribution in [0.2, 0.25) is 0 Å². The second-order valence-electron chi connectivity index (χ2n) is 13.2. The van der Waals surface area contributed by atoms with E-state index in [0.29, 0.717) is 19.4 Å². The minimum absolute atomic E-state index is 0.0862. The molecular formula is C41H76O5. The molecule has 5 heteroatoms. The molecule has 0 aliphatic carbocycles. The van der Waals surface area contributed by atoms with E-state index in [1.807, 2.05) is 0 Å². The second-order valence-corrected chi connectivity index (χ2v) is 13.2. The van der Waals surface area contributed by atoms with Crippen LogP contribution in [0.3, 0.4) is 0 Å². The number of rotatable bonds is 36. The van der Waals surface area contributed by atoms with E-state index >= 15 is 0 Å². The fraction of sp³-hybridized carbons (Fsp3) is 0.854. The van der Waals surface area contributed by atoms with Crippen molar-refractivity contribution in [3.8, 4) is 0 Å². The second kappa shape index (κ2) is 37.8. The molecule has 0 aromatic rings. The van der Waals surface area contributed by atoms with E-state index in [9.17, 15) is 9.59 Å². The highest BCUT2D eigenvalue weighted by molar-refractivity contribution is 5.70. The maximum atomic E-state index is 12.4. The third-order valence-corrected chi connectivity index (χ3v) is 8.49. The van der Waals surface area contributed by atoms with Gasteiger partial charge in [-0.15, -0.1) is 0 Å². The number of carbonyl (C=O) groups excluding carboxylic acids is 2. The van der Waals surface area contributed by atoms with Crippen LogP contribution >= 0.6 is 0 Å². The average molecular weight is 649 g/mol. The summed E-state index contributed by atoms with van der Waals surface area (Å²) in [5.74, 6) is -0.421. The van der Waals surface area contributed by atoms with Gasteiger partial charge in [-0.25, -0.2) is 0 Å². The van der Waals surface area contributed by atoms with Gasteiger partial charge in [-0.2, -0.15) is 0 Å². The fourth-order valence-electron chi connectivity index (χ4n) is 5.48. The first-order valence-electron chi connectivity index (χ1n) is 19.9. The Morgan fingerprint density at radius 2 is 0.913 bits per heavy atom. The number of carbonyl (C=O) groups is 2. The molecule has 0 saturated carbocycles. The van der Waals surface area contributed by atoms with Crippen molar-refractivity contribution in [2.75, 3.05) is 19.8 Å². The first kappa shape index (κ1) is 44.4. The van der Waals surface area contributed by atoms with Crippen LogP contribution in [0.25, 0.3) is 0 Å². The van der Waals surface area contributed by atoms with E-state index in [1.165, 1.54) is 109 Å². The van der Waals surface area contributed by atoms with Gasteiger partial charge < -0.3 is 14.2 Å². The van der Waals surface area contributed by atoms with E-state index in [2.05, 4.69) is 45.1 Å². The summed E-state index contributed by atoms with van der Waals surface area (Å²) in [6.07, 6.45) is 40.8. The molecule has 0 aromatic carbocycles. The molecule has 0 aliphatic rings. The van der Waals surface area contributed by atoms with Gasteiger partial charge in [0.05, 0.1) is 6.61 Å². The summed E-state index contributed by atoms with van der Waals surface area (Å²) in [5.41, 5.74) is 0. The average Bonchev–Trinajstić information content (AvgIpc) is 3.05. The van der Waals surface area contributed by atoms with Crippen molar-refractivity contribution in [3.63, 3.8) is 0 Å². The maximum absolute atomic E-state index is 12.4. The summed E-state index contributed by atoms with van der Waals surface area (Å²) < 4.78 is 17.0. The van der Waals surface area contributed by atoms with E-state index in [-0.39, 0.29) is 25.2 Å². The third-order valence-electron chi connectivity index (χ3n) is 8.49. The summed E-state index contributed by atoms with van der Waals surface area (Å²) in [6.45, 7) is 7.65. The van der Waals surface area contributed by atoms with Crippen molar-refractivity contribution in [3.05, 3.63) is 24.3 Å². The molecular weight excluding hydrogens is 572 g/mol. The van der Waals surface area contributed by atoms with Gasteiger partial charge in [-0.1, -0.05) is 161 Å². The van der Waals surface area contributed by atoms with Crippen LogP contribution in [0, 0.1) is 0 Å². The lowest BCUT2D eigenvalue weighted by atomic mass is 10.1. The summed E-state index contributed by atoms with van der Waals surface area (Å²) >= 11 is 0. The number of hydrogen-bond acceptors (Lipinski definition) is 5. The Balaban J connectivity index is 3.90. The van der Waals surface area contributed by atoms with Crippen molar-refractivity contribution in [1.29, 1.82) is 0 Å². The summed E-state index contributed by atoms with van der Waals surface area (Å²) in [5, 5.41) is 0. The van der Waals surface area contributed by atoms with Gasteiger partial charge >= 0.3 is 11.9 Å². The molecule has 0 amide bonds. The number of esters is 2. The number of hydrogen-bond donors (Lipinski definition) is 0. The fourth-order valence-corrected chi connectivity index (χ4v) is 5.48. The summed E-state index contributed by atoms with van der Waals surface area (Å²) in [7, 11) is 0. The summed E-state index contributed by atoms with van der Waals surface area (Å²) in [4.78, 5) is 24.6. The van der Waals surface area contributed by atoms with Gasteiger partial charge in [0.2, 0.25) is 0 Å². The molecule has 0 fully saturated rings. The van der Waals surface area contributed by atoms with Gasteiger partial charge in [0, 0.05) is 19.4 Å². The predicted molar refractivity (Wildman–Crippen MR) is 196 cm³/mol. The zero-order valence-corrected chi connectivity index (χ0v) is 30.8. The number of unbranched alkanes of at least 4 members (excludes halogenated alkanes) is 21. The standard InChI is InChI=1S/C41H76O5/c1-4-7-10-13-14-15-16-17-18-19-20-21-22-23-24-25-26-27-30-33-36-44-37-39(46-41(43)35-32-29-12-9-6-3)38-45-40(42)34-31-28-11-8-5-2/h14-15,17-18,39H,4-13,16,19-38H2,1-3H3/b15-14-,18-17-. The minimum atomic E-state index is -0.523. The highest BCUT2D eigenvalue weighted by Crippen LogP contribution is 2.13. The molecule has 1 unspecified atom stereocenters. The molecule has 1 atom stereocenters. The first-order chi connectivity index (χ1) is 22.6. The van der Waals surface area contributed by atoms with Crippen molar-refractivity contribution >= 4 is 11.9 Å². The molecule has 0 saturated heterocycles. The third kappa shape index (κ3) is 35.2. The zero-order valence-electron chi connectivity index (χ0n) is 30.8. The van der Waals surface area contributed by atoms with Gasteiger partial charge in [0.25, 0.3) is 0 Å². The van der Waals surface area contributed by atoms with Crippen molar-refractivity contribution in [2.24, 2.45) is 0 Å². The highest BCUT2D eigenvalue weighted by Gasteiger charge is 2.17. The van der Waals surface area contributed by atoms with Crippen molar-refractivity contribution in [1.82, 2.24) is 0 Å². The predicted octanol–water partition coefficient (Wildman–Crippen LogP) is 12.6. The van der Waals surface area contributed by atoms with Crippen LogP contribution in [0.4, 0.5) is 0 Å². The number of allylic oxidation sites excluding steroid dienone is 4. The highest BCUT2D eigenvalue weighted by atomic mass is 16.6. The Morgan fingerprint density at radius 1 is 0.478 bits per heavy atom. The van der Waals surface area contributed by atoms with Crippen molar-refractivity contribution < 1.29 is 23.8 Å². The molecule has 0 heterocycles. The smallest absolute Gasteiger partial charge is 0.306 e. The molecule has 0 aliphatic heterocycles. The Morgan fingerprint density at radius 3 is 1.48 bits per heavy atom.